The molecule has 1 saturated heterocycles. The molecule has 1 aliphatic heterocycles. The first kappa shape index (κ1) is 14.9. The average Bonchev–Trinajstić information content (AvgIpc) is 2.73. The Bertz CT molecular complexity index is 516. The van der Waals surface area contributed by atoms with Crippen LogP contribution in [-0.2, 0) is 16.1 Å². The Morgan fingerprint density at radius 3 is 2.80 bits per heavy atom. The summed E-state index contributed by atoms with van der Waals surface area (Å²) in [6, 6.07) is 7.55. The Morgan fingerprint density at radius 1 is 1.45 bits per heavy atom. The summed E-state index contributed by atoms with van der Waals surface area (Å²) in [6.45, 7) is 4.75. The minimum atomic E-state index is -0.257. The molecule has 5 heteroatoms. The predicted molar refractivity (Wildman–Crippen MR) is 78.3 cm³/mol. The molecule has 108 valence electrons. The van der Waals surface area contributed by atoms with Gasteiger partial charge in [0, 0.05) is 30.6 Å². The molecule has 20 heavy (non-hydrogen) atoms. The van der Waals surface area contributed by atoms with Crippen molar-refractivity contribution < 1.29 is 9.59 Å². The second-order valence-electron chi connectivity index (χ2n) is 5.43. The highest BCUT2D eigenvalue weighted by atomic mass is 35.5. The van der Waals surface area contributed by atoms with Crippen molar-refractivity contribution in [3.63, 3.8) is 0 Å². The second-order valence-corrected chi connectivity index (χ2v) is 5.84. The first-order valence-electron chi connectivity index (χ1n) is 6.79. The molecule has 4 nitrogen and oxygen atoms in total. The molecule has 1 aliphatic rings. The van der Waals surface area contributed by atoms with Gasteiger partial charge in [-0.3, -0.25) is 9.59 Å². The van der Waals surface area contributed by atoms with Crippen LogP contribution in [0.15, 0.2) is 24.3 Å². The second kappa shape index (κ2) is 6.27. The summed E-state index contributed by atoms with van der Waals surface area (Å²) >= 11 is 6.10. The summed E-state index contributed by atoms with van der Waals surface area (Å²) in [6.07, 6.45) is 0.281. The quantitative estimate of drug-likeness (QED) is 0.925. The first-order chi connectivity index (χ1) is 9.47. The molecule has 1 heterocycles. The molecule has 2 rings (SSSR count). The molecule has 0 aliphatic carbocycles. The number of nitrogens with zero attached hydrogens (tertiary/aromatic N) is 1. The van der Waals surface area contributed by atoms with Gasteiger partial charge in [-0.15, -0.1) is 0 Å². The van der Waals surface area contributed by atoms with Crippen molar-refractivity contribution in [3.05, 3.63) is 34.9 Å². The van der Waals surface area contributed by atoms with E-state index in [-0.39, 0.29) is 30.2 Å². The van der Waals surface area contributed by atoms with Gasteiger partial charge in [0.25, 0.3) is 0 Å². The maximum atomic E-state index is 12.0. The third-order valence-corrected chi connectivity index (χ3v) is 3.70. The number of rotatable bonds is 4. The molecule has 1 aromatic carbocycles. The van der Waals surface area contributed by atoms with E-state index in [4.69, 9.17) is 11.6 Å². The summed E-state index contributed by atoms with van der Waals surface area (Å²) in [7, 11) is 0. The Labute approximate surface area is 124 Å². The molecule has 1 fully saturated rings. The highest BCUT2D eigenvalue weighted by molar-refractivity contribution is 6.31. The van der Waals surface area contributed by atoms with Gasteiger partial charge in [-0.2, -0.15) is 0 Å². The van der Waals surface area contributed by atoms with Gasteiger partial charge < -0.3 is 10.2 Å². The Hall–Kier alpha value is -1.55. The molecule has 2 amide bonds. The Morgan fingerprint density at radius 2 is 2.15 bits per heavy atom. The average molecular weight is 295 g/mol. The molecule has 0 radical (unpaired) electrons. The van der Waals surface area contributed by atoms with E-state index < -0.39 is 0 Å². The van der Waals surface area contributed by atoms with E-state index in [0.717, 1.165) is 5.56 Å². The zero-order valence-corrected chi connectivity index (χ0v) is 12.5. The van der Waals surface area contributed by atoms with Crippen LogP contribution in [0.25, 0.3) is 0 Å². The van der Waals surface area contributed by atoms with E-state index in [0.29, 0.717) is 18.1 Å². The lowest BCUT2D eigenvalue weighted by molar-refractivity contribution is -0.129. The number of hydrogen-bond donors (Lipinski definition) is 1. The number of carbonyl (C=O) groups excluding carboxylic acids is 2. The van der Waals surface area contributed by atoms with Crippen molar-refractivity contribution >= 4 is 23.4 Å². The van der Waals surface area contributed by atoms with Gasteiger partial charge in [-0.05, 0) is 25.5 Å². The van der Waals surface area contributed by atoms with Crippen LogP contribution in [0.2, 0.25) is 5.02 Å². The van der Waals surface area contributed by atoms with Crippen LogP contribution in [0.1, 0.15) is 25.8 Å². The molecule has 0 saturated carbocycles. The van der Waals surface area contributed by atoms with E-state index in [9.17, 15) is 9.59 Å². The lowest BCUT2D eigenvalue weighted by Gasteiger charge is -2.18. The fraction of sp³-hybridized carbons (Fsp3) is 0.467. The third kappa shape index (κ3) is 3.51. The van der Waals surface area contributed by atoms with Crippen LogP contribution in [0.5, 0.6) is 0 Å². The van der Waals surface area contributed by atoms with Crippen molar-refractivity contribution in [1.82, 2.24) is 10.2 Å². The Kier molecular flexibility index (Phi) is 4.65. The lowest BCUT2D eigenvalue weighted by atomic mass is 10.1. The first-order valence-corrected chi connectivity index (χ1v) is 7.16. The maximum Gasteiger partial charge on any atom is 0.225 e. The highest BCUT2D eigenvalue weighted by Crippen LogP contribution is 2.23. The summed E-state index contributed by atoms with van der Waals surface area (Å²) < 4.78 is 0. The largest absolute Gasteiger partial charge is 0.354 e. The minimum absolute atomic E-state index is 0.00817. The summed E-state index contributed by atoms with van der Waals surface area (Å²) in [5.41, 5.74) is 0.910. The molecule has 1 aromatic rings. The molecule has 0 unspecified atom stereocenters. The van der Waals surface area contributed by atoms with Crippen LogP contribution < -0.4 is 5.32 Å². The summed E-state index contributed by atoms with van der Waals surface area (Å²) in [4.78, 5) is 25.6. The number of amides is 2. The summed E-state index contributed by atoms with van der Waals surface area (Å²) in [5.74, 6) is -0.295. The van der Waals surface area contributed by atoms with E-state index in [2.05, 4.69) is 5.32 Å². The van der Waals surface area contributed by atoms with Crippen LogP contribution in [0.4, 0.5) is 0 Å². The zero-order chi connectivity index (χ0) is 14.7. The van der Waals surface area contributed by atoms with Crippen LogP contribution in [0.3, 0.4) is 0 Å². The van der Waals surface area contributed by atoms with Crippen molar-refractivity contribution in [2.45, 2.75) is 32.9 Å². The highest BCUT2D eigenvalue weighted by Gasteiger charge is 2.34. The van der Waals surface area contributed by atoms with E-state index in [1.807, 2.05) is 32.0 Å². The van der Waals surface area contributed by atoms with Crippen molar-refractivity contribution in [1.29, 1.82) is 0 Å². The van der Waals surface area contributed by atoms with Crippen LogP contribution in [-0.4, -0.2) is 29.3 Å². The standard InChI is InChI=1S/C15H19ClN2O2/c1-10(2)17-15(20)12-7-14(19)18(9-12)8-11-5-3-4-6-13(11)16/h3-6,10,12H,7-9H2,1-2H3,(H,17,20)/t12-/m1/s1. The molecule has 0 bridgehead atoms. The Balaban J connectivity index is 2.00. The smallest absolute Gasteiger partial charge is 0.225 e. The number of halogens is 1. The molecule has 1 N–H and O–H groups in total. The third-order valence-electron chi connectivity index (χ3n) is 3.34. The molecular formula is C15H19ClN2O2. The molecule has 0 aromatic heterocycles. The number of likely N-dealkylation sites (tertiary alicyclic amines) is 1. The van der Waals surface area contributed by atoms with Crippen molar-refractivity contribution in [2.24, 2.45) is 5.92 Å². The maximum absolute atomic E-state index is 12.0. The van der Waals surface area contributed by atoms with Gasteiger partial charge in [0.15, 0.2) is 0 Å². The monoisotopic (exact) mass is 294 g/mol. The predicted octanol–water partition coefficient (Wildman–Crippen LogP) is 2.21. The number of benzene rings is 1. The van der Waals surface area contributed by atoms with E-state index in [1.165, 1.54) is 0 Å². The van der Waals surface area contributed by atoms with Gasteiger partial charge in [0.1, 0.15) is 0 Å². The van der Waals surface area contributed by atoms with Gasteiger partial charge >= 0.3 is 0 Å². The minimum Gasteiger partial charge on any atom is -0.354 e. The number of nitrogens with one attached hydrogen (secondary N) is 1. The zero-order valence-electron chi connectivity index (χ0n) is 11.7. The van der Waals surface area contributed by atoms with Gasteiger partial charge in [0.05, 0.1) is 5.92 Å². The SMILES string of the molecule is CC(C)NC(=O)[C@@H]1CC(=O)N(Cc2ccccc2Cl)C1. The van der Waals surface area contributed by atoms with E-state index in [1.54, 1.807) is 11.0 Å². The molecular weight excluding hydrogens is 276 g/mol. The van der Waals surface area contributed by atoms with Gasteiger partial charge in [-0.25, -0.2) is 0 Å². The summed E-state index contributed by atoms with van der Waals surface area (Å²) in [5, 5.41) is 3.51. The van der Waals surface area contributed by atoms with Crippen LogP contribution >= 0.6 is 11.6 Å². The van der Waals surface area contributed by atoms with Gasteiger partial charge in [0.2, 0.25) is 11.8 Å². The van der Waals surface area contributed by atoms with Crippen molar-refractivity contribution in [2.75, 3.05) is 6.54 Å². The van der Waals surface area contributed by atoms with Crippen LogP contribution in [0, 0.1) is 5.92 Å². The van der Waals surface area contributed by atoms with E-state index >= 15 is 0 Å². The van der Waals surface area contributed by atoms with Crippen molar-refractivity contribution in [3.8, 4) is 0 Å². The normalized spacial score (nSPS) is 18.7. The van der Waals surface area contributed by atoms with Gasteiger partial charge in [-0.1, -0.05) is 29.8 Å². The molecule has 0 spiro atoms. The number of carbonyl (C=O) groups is 2. The fourth-order valence-electron chi connectivity index (χ4n) is 2.34. The fourth-order valence-corrected chi connectivity index (χ4v) is 2.53. The number of hydrogen-bond acceptors (Lipinski definition) is 2. The topological polar surface area (TPSA) is 49.4 Å². The molecule has 1 atom stereocenters. The lowest BCUT2D eigenvalue weighted by Crippen LogP contribution is -2.36.